The molecule has 92 valence electrons. The van der Waals surface area contributed by atoms with Crippen molar-refractivity contribution in [3.8, 4) is 0 Å². The van der Waals surface area contributed by atoms with Crippen LogP contribution in [0.5, 0.6) is 0 Å². The highest BCUT2D eigenvalue weighted by Crippen LogP contribution is 2.15. The predicted molar refractivity (Wildman–Crippen MR) is 59.7 cm³/mol. The van der Waals surface area contributed by atoms with Gasteiger partial charge in [-0.05, 0) is 26.7 Å². The highest BCUT2D eigenvalue weighted by Gasteiger charge is 2.31. The summed E-state index contributed by atoms with van der Waals surface area (Å²) in [6, 6.07) is 0.156. The first-order valence-corrected chi connectivity index (χ1v) is 5.59. The Morgan fingerprint density at radius 2 is 1.81 bits per heavy atom. The normalized spacial score (nSPS) is 18.4. The molecule has 0 aromatic carbocycles. The monoisotopic (exact) mass is 228 g/mol. The third-order valence-corrected chi connectivity index (χ3v) is 2.71. The molecule has 1 saturated heterocycles. The molecule has 5 nitrogen and oxygen atoms in total. The molecule has 1 aliphatic rings. The van der Waals surface area contributed by atoms with Gasteiger partial charge >= 0.3 is 0 Å². The molecule has 0 atom stereocenters. The molecule has 0 saturated carbocycles. The summed E-state index contributed by atoms with van der Waals surface area (Å²) < 4.78 is 0. The summed E-state index contributed by atoms with van der Waals surface area (Å²) in [5, 5.41) is 12.4. The van der Waals surface area contributed by atoms with E-state index < -0.39 is 5.60 Å². The van der Waals surface area contributed by atoms with Crippen molar-refractivity contribution in [3.05, 3.63) is 0 Å². The quantitative estimate of drug-likeness (QED) is 0.692. The number of nitrogens with one attached hydrogen (secondary N) is 1. The molecule has 0 radical (unpaired) electrons. The SMILES string of the molecule is CC(=O)NC1CCN(C(=O)C(C)(C)O)CC1. The summed E-state index contributed by atoms with van der Waals surface area (Å²) in [4.78, 5) is 24.2. The summed E-state index contributed by atoms with van der Waals surface area (Å²) in [6.45, 7) is 5.67. The predicted octanol–water partition coefficient (Wildman–Crippen LogP) is -0.116. The van der Waals surface area contributed by atoms with Crippen LogP contribution in [0, 0.1) is 0 Å². The zero-order valence-corrected chi connectivity index (χ0v) is 10.1. The number of likely N-dealkylation sites (tertiary alicyclic amines) is 1. The van der Waals surface area contributed by atoms with Crippen LogP contribution in [0.1, 0.15) is 33.6 Å². The smallest absolute Gasteiger partial charge is 0.253 e. The Morgan fingerprint density at radius 1 is 1.31 bits per heavy atom. The average molecular weight is 228 g/mol. The molecule has 0 aromatic heterocycles. The van der Waals surface area contributed by atoms with Crippen molar-refractivity contribution in [1.29, 1.82) is 0 Å². The van der Waals surface area contributed by atoms with Gasteiger partial charge in [0.2, 0.25) is 5.91 Å². The van der Waals surface area contributed by atoms with E-state index in [0.717, 1.165) is 12.8 Å². The lowest BCUT2D eigenvalue weighted by Gasteiger charge is -2.35. The molecular weight excluding hydrogens is 208 g/mol. The van der Waals surface area contributed by atoms with Gasteiger partial charge < -0.3 is 15.3 Å². The van der Waals surface area contributed by atoms with Crippen molar-refractivity contribution in [1.82, 2.24) is 10.2 Å². The van der Waals surface area contributed by atoms with E-state index in [0.29, 0.717) is 13.1 Å². The van der Waals surface area contributed by atoms with E-state index in [-0.39, 0.29) is 17.9 Å². The highest BCUT2D eigenvalue weighted by atomic mass is 16.3. The van der Waals surface area contributed by atoms with Crippen LogP contribution in [0.4, 0.5) is 0 Å². The second-order valence-electron chi connectivity index (χ2n) is 4.83. The molecule has 1 rings (SSSR count). The number of carbonyl (C=O) groups excluding carboxylic acids is 2. The number of piperidine rings is 1. The van der Waals surface area contributed by atoms with Crippen LogP contribution in [0.15, 0.2) is 0 Å². The van der Waals surface area contributed by atoms with Gasteiger partial charge in [0.1, 0.15) is 5.60 Å². The summed E-state index contributed by atoms with van der Waals surface area (Å²) >= 11 is 0. The molecule has 2 N–H and O–H groups in total. The maximum atomic E-state index is 11.7. The molecule has 0 unspecified atom stereocenters. The minimum absolute atomic E-state index is 0.0349. The fourth-order valence-electron chi connectivity index (χ4n) is 1.90. The maximum absolute atomic E-state index is 11.7. The molecule has 5 heteroatoms. The molecule has 0 spiro atoms. The van der Waals surface area contributed by atoms with Gasteiger partial charge in [-0.3, -0.25) is 9.59 Å². The Kier molecular flexibility index (Phi) is 3.91. The number of aliphatic hydroxyl groups is 1. The Bertz CT molecular complexity index is 275. The number of carbonyl (C=O) groups is 2. The first-order chi connectivity index (χ1) is 7.30. The third-order valence-electron chi connectivity index (χ3n) is 2.71. The van der Waals surface area contributed by atoms with Crippen molar-refractivity contribution < 1.29 is 14.7 Å². The molecular formula is C11H20N2O3. The average Bonchev–Trinajstić information content (AvgIpc) is 2.15. The van der Waals surface area contributed by atoms with E-state index in [1.807, 2.05) is 0 Å². The summed E-state index contributed by atoms with van der Waals surface area (Å²) in [5.74, 6) is -0.277. The Morgan fingerprint density at radius 3 is 2.19 bits per heavy atom. The van der Waals surface area contributed by atoms with Crippen molar-refractivity contribution in [2.75, 3.05) is 13.1 Å². The number of rotatable bonds is 2. The second-order valence-corrected chi connectivity index (χ2v) is 4.83. The second kappa shape index (κ2) is 4.82. The highest BCUT2D eigenvalue weighted by molar-refractivity contribution is 5.84. The van der Waals surface area contributed by atoms with Gasteiger partial charge in [0.15, 0.2) is 0 Å². The Hall–Kier alpha value is -1.10. The van der Waals surface area contributed by atoms with Gasteiger partial charge in [0, 0.05) is 26.1 Å². The fraction of sp³-hybridized carbons (Fsp3) is 0.818. The van der Waals surface area contributed by atoms with Crippen LogP contribution in [0.25, 0.3) is 0 Å². The van der Waals surface area contributed by atoms with Crippen LogP contribution in [-0.2, 0) is 9.59 Å². The molecule has 2 amide bonds. The standard InChI is InChI=1S/C11H20N2O3/c1-8(14)12-9-4-6-13(7-5-9)10(15)11(2,3)16/h9,16H,4-7H2,1-3H3,(H,12,14). The summed E-state index contributed by atoms with van der Waals surface area (Å²) in [7, 11) is 0. The molecule has 0 aromatic rings. The van der Waals surface area contributed by atoms with Crippen LogP contribution in [0.3, 0.4) is 0 Å². The lowest BCUT2D eigenvalue weighted by molar-refractivity contribution is -0.149. The van der Waals surface area contributed by atoms with Crippen LogP contribution in [-0.4, -0.2) is 46.6 Å². The van der Waals surface area contributed by atoms with Crippen molar-refractivity contribution in [3.63, 3.8) is 0 Å². The van der Waals surface area contributed by atoms with Crippen LogP contribution in [0.2, 0.25) is 0 Å². The largest absolute Gasteiger partial charge is 0.381 e. The van der Waals surface area contributed by atoms with Crippen molar-refractivity contribution in [2.24, 2.45) is 0 Å². The first-order valence-electron chi connectivity index (χ1n) is 5.59. The summed E-state index contributed by atoms with van der Waals surface area (Å²) in [5.41, 5.74) is -1.30. The zero-order valence-electron chi connectivity index (χ0n) is 10.1. The lowest BCUT2D eigenvalue weighted by Crippen LogP contribution is -2.51. The van der Waals surface area contributed by atoms with Crippen molar-refractivity contribution in [2.45, 2.75) is 45.3 Å². The van der Waals surface area contributed by atoms with E-state index in [2.05, 4.69) is 5.32 Å². The number of hydrogen-bond donors (Lipinski definition) is 2. The van der Waals surface area contributed by atoms with E-state index in [1.165, 1.54) is 20.8 Å². The van der Waals surface area contributed by atoms with Gasteiger partial charge in [-0.1, -0.05) is 0 Å². The van der Waals surface area contributed by atoms with Crippen molar-refractivity contribution >= 4 is 11.8 Å². The molecule has 0 bridgehead atoms. The zero-order chi connectivity index (χ0) is 12.3. The Balaban J connectivity index is 2.43. The van der Waals surface area contributed by atoms with E-state index in [4.69, 9.17) is 0 Å². The molecule has 1 aliphatic heterocycles. The number of amides is 2. The summed E-state index contributed by atoms with van der Waals surface area (Å²) in [6.07, 6.45) is 1.50. The minimum atomic E-state index is -1.30. The Labute approximate surface area is 95.8 Å². The lowest BCUT2D eigenvalue weighted by atomic mass is 10.0. The van der Waals surface area contributed by atoms with Crippen LogP contribution < -0.4 is 5.32 Å². The van der Waals surface area contributed by atoms with Gasteiger partial charge in [-0.25, -0.2) is 0 Å². The van der Waals surface area contributed by atoms with E-state index in [9.17, 15) is 14.7 Å². The molecule has 1 fully saturated rings. The number of nitrogens with zero attached hydrogens (tertiary/aromatic N) is 1. The van der Waals surface area contributed by atoms with Gasteiger partial charge in [-0.15, -0.1) is 0 Å². The number of hydrogen-bond acceptors (Lipinski definition) is 3. The van der Waals surface area contributed by atoms with Gasteiger partial charge in [-0.2, -0.15) is 0 Å². The topological polar surface area (TPSA) is 69.6 Å². The van der Waals surface area contributed by atoms with E-state index in [1.54, 1.807) is 4.90 Å². The first kappa shape index (κ1) is 13.0. The maximum Gasteiger partial charge on any atom is 0.253 e. The molecule has 1 heterocycles. The molecule has 0 aliphatic carbocycles. The minimum Gasteiger partial charge on any atom is -0.381 e. The van der Waals surface area contributed by atoms with Crippen LogP contribution >= 0.6 is 0 Å². The molecule has 16 heavy (non-hydrogen) atoms. The van der Waals surface area contributed by atoms with Gasteiger partial charge in [0.05, 0.1) is 0 Å². The third kappa shape index (κ3) is 3.48. The van der Waals surface area contributed by atoms with E-state index >= 15 is 0 Å². The van der Waals surface area contributed by atoms with Gasteiger partial charge in [0.25, 0.3) is 5.91 Å². The fourth-order valence-corrected chi connectivity index (χ4v) is 1.90.